The molecule has 0 spiro atoms. The first kappa shape index (κ1) is 31.8. The minimum Gasteiger partial charge on any atom is -0.481 e. The zero-order valence-corrected chi connectivity index (χ0v) is 24.7. The van der Waals surface area contributed by atoms with E-state index in [2.05, 4.69) is 17.8 Å². The van der Waals surface area contributed by atoms with Crippen molar-refractivity contribution in [3.05, 3.63) is 108 Å². The van der Waals surface area contributed by atoms with E-state index in [0.717, 1.165) is 16.7 Å². The number of hydrogen-bond donors (Lipinski definition) is 2. The maximum atomic E-state index is 14.0. The zero-order chi connectivity index (χ0) is 31.6. The Balaban J connectivity index is 1.73. The lowest BCUT2D eigenvalue weighted by Crippen LogP contribution is -2.76. The number of fused-ring (bicyclic) bond motifs is 1. The number of carbonyl (C=O) groups excluding carboxylic acids is 3. The quantitative estimate of drug-likeness (QED) is 0.304. The lowest BCUT2D eigenvalue weighted by atomic mass is 9.89. The number of urea groups is 1. The molecule has 2 aromatic carbocycles. The number of benzene rings is 2. The fourth-order valence-corrected chi connectivity index (χ4v) is 5.72. The van der Waals surface area contributed by atoms with E-state index in [4.69, 9.17) is 6.42 Å². The molecule has 0 aliphatic carbocycles. The highest BCUT2D eigenvalue weighted by Gasteiger charge is 2.52. The maximum absolute atomic E-state index is 14.0. The average Bonchev–Trinajstić information content (AvgIpc) is 3.02. The van der Waals surface area contributed by atoms with Gasteiger partial charge >= 0.3 is 12.0 Å². The summed E-state index contributed by atoms with van der Waals surface area (Å²) in [6.45, 7) is 5.73. The molecule has 4 rings (SSSR count). The number of nitrogens with one attached hydrogen (secondary N) is 1. The molecule has 1 unspecified atom stereocenters. The first-order chi connectivity index (χ1) is 21.3. The summed E-state index contributed by atoms with van der Waals surface area (Å²) in [4.78, 5) is 56.1. The Bertz CT molecular complexity index is 1470. The molecular weight excluding hydrogens is 558 g/mol. The molecule has 228 valence electrons. The van der Waals surface area contributed by atoms with Crippen LogP contribution in [0.2, 0.25) is 0 Å². The molecule has 0 saturated carbocycles. The highest BCUT2D eigenvalue weighted by atomic mass is 16.4. The van der Waals surface area contributed by atoms with Gasteiger partial charge in [0.25, 0.3) is 0 Å². The third kappa shape index (κ3) is 7.25. The number of hydrogen-bond acceptors (Lipinski definition) is 5. The molecule has 2 aliphatic rings. The fraction of sp³-hybridized carbons (Fsp3) is 0.294. The summed E-state index contributed by atoms with van der Waals surface area (Å²) >= 11 is 0. The molecule has 10 nitrogen and oxygen atoms in total. The van der Waals surface area contributed by atoms with Crippen molar-refractivity contribution < 1.29 is 24.3 Å². The normalized spacial score (nSPS) is 19.8. The van der Waals surface area contributed by atoms with Crippen LogP contribution in [-0.4, -0.2) is 87.1 Å². The summed E-state index contributed by atoms with van der Waals surface area (Å²) in [7, 11) is 0. The Hall–Kier alpha value is -5.14. The van der Waals surface area contributed by atoms with Crippen molar-refractivity contribution in [1.29, 1.82) is 0 Å². The lowest BCUT2D eigenvalue weighted by molar-refractivity contribution is -0.190. The van der Waals surface area contributed by atoms with E-state index in [-0.39, 0.29) is 38.6 Å². The van der Waals surface area contributed by atoms with Crippen LogP contribution in [0.4, 0.5) is 4.79 Å². The van der Waals surface area contributed by atoms with Gasteiger partial charge in [-0.2, -0.15) is 5.01 Å². The van der Waals surface area contributed by atoms with Gasteiger partial charge in [-0.25, -0.2) is 9.80 Å². The monoisotopic (exact) mass is 595 g/mol. The maximum Gasteiger partial charge on any atom is 0.334 e. The minimum atomic E-state index is -1.30. The van der Waals surface area contributed by atoms with E-state index >= 15 is 0 Å². The number of piperazine rings is 1. The van der Waals surface area contributed by atoms with Crippen LogP contribution in [0, 0.1) is 12.3 Å². The SMILES string of the molecule is C#CCN1CC(=O)N2[C@@H](CC(=O)O)C(=O)N(CC(C(/C=C\C=C)=C/C)c3ccccc3)C[C@@H]2N1C(=O)NCc1ccccc1. The first-order valence-electron chi connectivity index (χ1n) is 14.4. The number of amides is 4. The van der Waals surface area contributed by atoms with E-state index in [1.807, 2.05) is 85.8 Å². The van der Waals surface area contributed by atoms with Gasteiger partial charge in [-0.05, 0) is 23.6 Å². The van der Waals surface area contributed by atoms with Crippen LogP contribution in [0.1, 0.15) is 30.4 Å². The topological polar surface area (TPSA) is 114 Å². The number of carboxylic acids is 1. The highest BCUT2D eigenvalue weighted by molar-refractivity contribution is 5.93. The molecular formula is C34H37N5O5. The van der Waals surface area contributed by atoms with E-state index in [1.165, 1.54) is 14.9 Å². The molecule has 2 fully saturated rings. The van der Waals surface area contributed by atoms with E-state index < -0.39 is 42.4 Å². The van der Waals surface area contributed by atoms with Gasteiger partial charge in [0.1, 0.15) is 12.2 Å². The van der Waals surface area contributed by atoms with Crippen molar-refractivity contribution in [2.24, 2.45) is 0 Å². The van der Waals surface area contributed by atoms with Crippen LogP contribution in [0.25, 0.3) is 0 Å². The number of nitrogens with zero attached hydrogens (tertiary/aromatic N) is 4. The van der Waals surface area contributed by atoms with Crippen LogP contribution < -0.4 is 5.32 Å². The van der Waals surface area contributed by atoms with E-state index in [1.54, 1.807) is 11.0 Å². The summed E-state index contributed by atoms with van der Waals surface area (Å²) in [5.41, 5.74) is 2.74. The van der Waals surface area contributed by atoms with Crippen molar-refractivity contribution in [2.45, 2.75) is 38.0 Å². The molecule has 3 atom stereocenters. The molecule has 2 aromatic rings. The Kier molecular flexibility index (Phi) is 10.7. The molecule has 2 heterocycles. The van der Waals surface area contributed by atoms with Crippen LogP contribution in [0.15, 0.2) is 97.1 Å². The second-order valence-electron chi connectivity index (χ2n) is 10.5. The average molecular weight is 596 g/mol. The van der Waals surface area contributed by atoms with Gasteiger partial charge in [-0.3, -0.25) is 14.4 Å². The summed E-state index contributed by atoms with van der Waals surface area (Å²) in [6, 6.07) is 17.2. The Labute approximate surface area is 257 Å². The largest absolute Gasteiger partial charge is 0.481 e. The summed E-state index contributed by atoms with van der Waals surface area (Å²) < 4.78 is 0. The summed E-state index contributed by atoms with van der Waals surface area (Å²) in [5.74, 6) is 0.0356. The third-order valence-electron chi connectivity index (χ3n) is 7.73. The van der Waals surface area contributed by atoms with Crippen LogP contribution in [0.5, 0.6) is 0 Å². The van der Waals surface area contributed by atoms with Crippen molar-refractivity contribution in [3.63, 3.8) is 0 Å². The van der Waals surface area contributed by atoms with Gasteiger partial charge in [0.2, 0.25) is 11.8 Å². The minimum absolute atomic E-state index is 0.0336. The number of terminal acetylenes is 1. The van der Waals surface area contributed by atoms with Gasteiger partial charge in [0.05, 0.1) is 26.1 Å². The zero-order valence-electron chi connectivity index (χ0n) is 24.7. The van der Waals surface area contributed by atoms with Crippen molar-refractivity contribution in [1.82, 2.24) is 25.1 Å². The molecule has 0 bridgehead atoms. The number of carboxylic acid groups (broad SMARTS) is 1. The Morgan fingerprint density at radius 3 is 2.43 bits per heavy atom. The van der Waals surface area contributed by atoms with Gasteiger partial charge in [-0.15, -0.1) is 6.42 Å². The summed E-state index contributed by atoms with van der Waals surface area (Å²) in [6.07, 6.45) is 11.4. The predicted molar refractivity (Wildman–Crippen MR) is 166 cm³/mol. The highest BCUT2D eigenvalue weighted by Crippen LogP contribution is 2.32. The number of aliphatic carboxylic acids is 1. The number of allylic oxidation sites excluding steroid dienone is 4. The smallest absolute Gasteiger partial charge is 0.334 e. The molecule has 2 N–H and O–H groups in total. The second-order valence-corrected chi connectivity index (χ2v) is 10.5. The Morgan fingerprint density at radius 1 is 1.14 bits per heavy atom. The number of rotatable bonds is 11. The van der Waals surface area contributed by atoms with Crippen molar-refractivity contribution in [3.8, 4) is 12.3 Å². The standard InChI is InChI=1S/C34H37N5O5/c1-4-7-16-26(6-3)28(27-17-12-9-13-18-27)22-36-23-30-38(29(33(36)43)20-32(41)42)31(40)24-37(19-5-2)39(30)34(44)35-21-25-14-10-8-11-15-25/h2,4,6-18,28-30H,1,19-24H2,3H3,(H,35,44)(H,41,42)/b16-7-,26-6+/t28?,29-,30-/m0/s1. The molecule has 44 heavy (non-hydrogen) atoms. The molecule has 0 aromatic heterocycles. The first-order valence-corrected chi connectivity index (χ1v) is 14.4. The second kappa shape index (κ2) is 14.8. The molecule has 2 saturated heterocycles. The van der Waals surface area contributed by atoms with Crippen molar-refractivity contribution in [2.75, 3.05) is 26.2 Å². The predicted octanol–water partition coefficient (Wildman–Crippen LogP) is 3.37. The molecule has 0 radical (unpaired) electrons. The van der Waals surface area contributed by atoms with Crippen LogP contribution >= 0.6 is 0 Å². The van der Waals surface area contributed by atoms with Gasteiger partial charge in [0, 0.05) is 19.0 Å². The third-order valence-corrected chi connectivity index (χ3v) is 7.73. The number of carbonyl (C=O) groups is 4. The van der Waals surface area contributed by atoms with Gasteiger partial charge in [-0.1, -0.05) is 97.5 Å². The summed E-state index contributed by atoms with van der Waals surface area (Å²) in [5, 5.41) is 15.5. The fourth-order valence-electron chi connectivity index (χ4n) is 5.72. The van der Waals surface area contributed by atoms with Crippen LogP contribution in [-0.2, 0) is 20.9 Å². The van der Waals surface area contributed by atoms with E-state index in [9.17, 15) is 24.3 Å². The Morgan fingerprint density at radius 2 is 1.82 bits per heavy atom. The molecule has 4 amide bonds. The van der Waals surface area contributed by atoms with E-state index in [0.29, 0.717) is 0 Å². The molecule has 2 aliphatic heterocycles. The van der Waals surface area contributed by atoms with Crippen molar-refractivity contribution >= 4 is 23.8 Å². The molecule has 10 heteroatoms. The van der Waals surface area contributed by atoms with Gasteiger partial charge < -0.3 is 20.2 Å². The van der Waals surface area contributed by atoms with Crippen LogP contribution in [0.3, 0.4) is 0 Å². The van der Waals surface area contributed by atoms with Gasteiger partial charge in [0.15, 0.2) is 0 Å². The number of hydrazine groups is 1. The lowest BCUT2D eigenvalue weighted by Gasteiger charge is -2.55.